The van der Waals surface area contributed by atoms with E-state index < -0.39 is 0 Å². The Kier molecular flexibility index (Phi) is 4.92. The lowest BCUT2D eigenvalue weighted by molar-refractivity contribution is 0.0600. The third-order valence-corrected chi connectivity index (χ3v) is 3.62. The van der Waals surface area contributed by atoms with Gasteiger partial charge in [0.1, 0.15) is 0 Å². The van der Waals surface area contributed by atoms with Gasteiger partial charge in [-0.3, -0.25) is 4.68 Å². The van der Waals surface area contributed by atoms with Crippen LogP contribution in [0.4, 0.5) is 0 Å². The van der Waals surface area contributed by atoms with Crippen LogP contribution in [0.2, 0.25) is 0 Å². The van der Waals surface area contributed by atoms with Crippen molar-refractivity contribution in [2.45, 2.75) is 13.1 Å². The number of hydrogen-bond donors (Lipinski definition) is 1. The highest BCUT2D eigenvalue weighted by Gasteiger charge is 2.08. The summed E-state index contributed by atoms with van der Waals surface area (Å²) in [4.78, 5) is 11.4. The number of carbonyl (C=O) groups excluding carboxylic acids is 1. The second-order valence-corrected chi connectivity index (χ2v) is 5.28. The topological polar surface area (TPSA) is 56.1 Å². The molecule has 0 amide bonds. The molecule has 0 aliphatic carbocycles. The van der Waals surface area contributed by atoms with E-state index in [-0.39, 0.29) is 5.97 Å². The number of nitrogens with zero attached hydrogens (tertiary/aromatic N) is 2. The van der Waals surface area contributed by atoms with Crippen molar-refractivity contribution in [3.05, 3.63) is 51.8 Å². The molecule has 2 rings (SSSR count). The molecule has 6 heteroatoms. The average molecular weight is 338 g/mol. The zero-order chi connectivity index (χ0) is 14.5. The van der Waals surface area contributed by atoms with E-state index in [0.29, 0.717) is 12.1 Å². The van der Waals surface area contributed by atoms with Gasteiger partial charge < -0.3 is 10.1 Å². The second kappa shape index (κ2) is 6.67. The Balaban J connectivity index is 1.94. The lowest BCUT2D eigenvalue weighted by Crippen LogP contribution is -2.13. The first kappa shape index (κ1) is 14.7. The second-order valence-electron chi connectivity index (χ2n) is 4.42. The molecule has 0 aliphatic heterocycles. The van der Waals surface area contributed by atoms with E-state index in [2.05, 4.69) is 31.1 Å². The standard InChI is InChI=1S/C14H16BrN3O2/c1-18-9-10(7-17-18)6-16-8-12-4-3-11(5-13(12)15)14(19)20-2/h3-5,7,9,16H,6,8H2,1-2H3. The molecule has 106 valence electrons. The summed E-state index contributed by atoms with van der Waals surface area (Å²) in [5.41, 5.74) is 2.76. The molecule has 0 spiro atoms. The van der Waals surface area contributed by atoms with Gasteiger partial charge in [-0.15, -0.1) is 0 Å². The zero-order valence-electron chi connectivity index (χ0n) is 11.4. The van der Waals surface area contributed by atoms with Gasteiger partial charge in [0, 0.05) is 36.4 Å². The van der Waals surface area contributed by atoms with E-state index in [1.807, 2.05) is 25.5 Å². The van der Waals surface area contributed by atoms with Gasteiger partial charge in [0.2, 0.25) is 0 Å². The molecule has 0 atom stereocenters. The summed E-state index contributed by atoms with van der Waals surface area (Å²) in [6, 6.07) is 5.44. The maximum atomic E-state index is 11.4. The van der Waals surface area contributed by atoms with Crippen LogP contribution < -0.4 is 5.32 Å². The summed E-state index contributed by atoms with van der Waals surface area (Å²) in [5.74, 6) is -0.333. The smallest absolute Gasteiger partial charge is 0.337 e. The summed E-state index contributed by atoms with van der Waals surface area (Å²) in [7, 11) is 3.27. The third-order valence-electron chi connectivity index (χ3n) is 2.88. The minimum atomic E-state index is -0.333. The number of esters is 1. The van der Waals surface area contributed by atoms with Crippen LogP contribution in [-0.2, 0) is 24.9 Å². The molecule has 1 aromatic heterocycles. The summed E-state index contributed by atoms with van der Waals surface area (Å²) in [6.45, 7) is 1.45. The third kappa shape index (κ3) is 3.68. The van der Waals surface area contributed by atoms with Crippen LogP contribution in [0.25, 0.3) is 0 Å². The minimum absolute atomic E-state index is 0.333. The van der Waals surface area contributed by atoms with E-state index in [9.17, 15) is 4.79 Å². The lowest BCUT2D eigenvalue weighted by atomic mass is 10.1. The molecule has 0 fully saturated rings. The Labute approximate surface area is 126 Å². The number of carbonyl (C=O) groups is 1. The van der Waals surface area contributed by atoms with E-state index in [4.69, 9.17) is 0 Å². The highest BCUT2D eigenvalue weighted by Crippen LogP contribution is 2.19. The fourth-order valence-electron chi connectivity index (χ4n) is 1.84. The molecule has 0 unspecified atom stereocenters. The zero-order valence-corrected chi connectivity index (χ0v) is 13.0. The summed E-state index contributed by atoms with van der Waals surface area (Å²) in [5, 5.41) is 7.45. The van der Waals surface area contributed by atoms with Crippen LogP contribution in [-0.4, -0.2) is 22.9 Å². The van der Waals surface area contributed by atoms with Crippen molar-refractivity contribution in [1.29, 1.82) is 0 Å². The number of benzene rings is 1. The van der Waals surface area contributed by atoms with Gasteiger partial charge in [0.15, 0.2) is 0 Å². The van der Waals surface area contributed by atoms with Gasteiger partial charge in [0.05, 0.1) is 18.9 Å². The highest BCUT2D eigenvalue weighted by molar-refractivity contribution is 9.10. The fraction of sp³-hybridized carbons (Fsp3) is 0.286. The van der Waals surface area contributed by atoms with Crippen molar-refractivity contribution in [3.63, 3.8) is 0 Å². The molecule has 0 saturated heterocycles. The van der Waals surface area contributed by atoms with Crippen LogP contribution in [0.3, 0.4) is 0 Å². The number of rotatable bonds is 5. The largest absolute Gasteiger partial charge is 0.465 e. The van der Waals surface area contributed by atoms with Gasteiger partial charge in [0.25, 0.3) is 0 Å². The molecule has 1 N–H and O–H groups in total. The predicted octanol–water partition coefficient (Wildman–Crippen LogP) is 2.26. The molecular formula is C14H16BrN3O2. The number of methoxy groups -OCH3 is 1. The Hall–Kier alpha value is -1.66. The molecule has 1 aromatic carbocycles. The molecule has 20 heavy (non-hydrogen) atoms. The first-order valence-corrected chi connectivity index (χ1v) is 6.94. The Morgan fingerprint density at radius 2 is 2.25 bits per heavy atom. The first-order valence-electron chi connectivity index (χ1n) is 6.15. The van der Waals surface area contributed by atoms with Crippen molar-refractivity contribution in [2.24, 2.45) is 7.05 Å². The van der Waals surface area contributed by atoms with Crippen LogP contribution >= 0.6 is 15.9 Å². The van der Waals surface area contributed by atoms with E-state index in [1.54, 1.807) is 16.8 Å². The number of ether oxygens (including phenoxy) is 1. The summed E-state index contributed by atoms with van der Waals surface area (Å²) in [6.07, 6.45) is 3.81. The van der Waals surface area contributed by atoms with Crippen LogP contribution in [0.1, 0.15) is 21.5 Å². The van der Waals surface area contributed by atoms with E-state index in [1.165, 1.54) is 7.11 Å². The number of nitrogens with one attached hydrogen (secondary N) is 1. The Morgan fingerprint density at radius 1 is 1.45 bits per heavy atom. The van der Waals surface area contributed by atoms with Gasteiger partial charge >= 0.3 is 5.97 Å². The molecule has 0 radical (unpaired) electrons. The highest BCUT2D eigenvalue weighted by atomic mass is 79.9. The lowest BCUT2D eigenvalue weighted by Gasteiger charge is -2.07. The molecule has 0 saturated carbocycles. The molecular weight excluding hydrogens is 322 g/mol. The summed E-state index contributed by atoms with van der Waals surface area (Å²) < 4.78 is 7.35. The van der Waals surface area contributed by atoms with Crippen LogP contribution in [0.15, 0.2) is 35.1 Å². The Bertz CT molecular complexity index is 610. The SMILES string of the molecule is COC(=O)c1ccc(CNCc2cnn(C)c2)c(Br)c1. The average Bonchev–Trinajstić information content (AvgIpc) is 2.85. The molecule has 2 aromatic rings. The van der Waals surface area contributed by atoms with E-state index in [0.717, 1.165) is 22.1 Å². The normalized spacial score (nSPS) is 10.6. The van der Waals surface area contributed by atoms with Crippen LogP contribution in [0.5, 0.6) is 0 Å². The predicted molar refractivity (Wildman–Crippen MR) is 79.2 cm³/mol. The monoisotopic (exact) mass is 337 g/mol. The van der Waals surface area contributed by atoms with Crippen molar-refractivity contribution in [2.75, 3.05) is 7.11 Å². The van der Waals surface area contributed by atoms with Crippen molar-refractivity contribution >= 4 is 21.9 Å². The maximum Gasteiger partial charge on any atom is 0.337 e. The van der Waals surface area contributed by atoms with E-state index >= 15 is 0 Å². The van der Waals surface area contributed by atoms with Crippen LogP contribution in [0, 0.1) is 0 Å². The van der Waals surface area contributed by atoms with Crippen molar-refractivity contribution in [1.82, 2.24) is 15.1 Å². The molecule has 5 nitrogen and oxygen atoms in total. The summed E-state index contributed by atoms with van der Waals surface area (Å²) >= 11 is 3.47. The maximum absolute atomic E-state index is 11.4. The number of halogens is 1. The number of aryl methyl sites for hydroxylation is 1. The van der Waals surface area contributed by atoms with Gasteiger partial charge in [-0.1, -0.05) is 22.0 Å². The van der Waals surface area contributed by atoms with Crippen molar-refractivity contribution in [3.8, 4) is 0 Å². The van der Waals surface area contributed by atoms with Gasteiger partial charge in [-0.05, 0) is 17.7 Å². The number of aromatic nitrogens is 2. The molecule has 0 aliphatic rings. The first-order chi connectivity index (χ1) is 9.60. The Morgan fingerprint density at radius 3 is 2.85 bits per heavy atom. The molecule has 0 bridgehead atoms. The molecule has 1 heterocycles. The van der Waals surface area contributed by atoms with Gasteiger partial charge in [-0.25, -0.2) is 4.79 Å². The number of hydrogen-bond acceptors (Lipinski definition) is 4. The van der Waals surface area contributed by atoms with Crippen molar-refractivity contribution < 1.29 is 9.53 Å². The minimum Gasteiger partial charge on any atom is -0.465 e. The fourth-order valence-corrected chi connectivity index (χ4v) is 2.36. The quantitative estimate of drug-likeness (QED) is 0.850. The van der Waals surface area contributed by atoms with Gasteiger partial charge in [-0.2, -0.15) is 5.10 Å².